The summed E-state index contributed by atoms with van der Waals surface area (Å²) in [4.78, 5) is 28.7. The third-order valence-corrected chi connectivity index (χ3v) is 9.66. The number of carbonyl (C=O) groups is 2. The number of unbranched alkanes of at least 4 members (excludes halogenated alkanes) is 1. The van der Waals surface area contributed by atoms with E-state index in [-0.39, 0.29) is 35.7 Å². The normalized spacial score (nSPS) is 17.7. The highest BCUT2D eigenvalue weighted by Crippen LogP contribution is 2.40. The van der Waals surface area contributed by atoms with Crippen LogP contribution in [0, 0.1) is 0 Å². The Labute approximate surface area is 280 Å². The van der Waals surface area contributed by atoms with Crippen molar-refractivity contribution in [3.8, 4) is 11.3 Å². The van der Waals surface area contributed by atoms with Crippen molar-refractivity contribution < 1.29 is 22.8 Å². The van der Waals surface area contributed by atoms with E-state index in [1.54, 1.807) is 10.7 Å². The van der Waals surface area contributed by atoms with Crippen LogP contribution in [0.3, 0.4) is 0 Å². The summed E-state index contributed by atoms with van der Waals surface area (Å²) in [5.74, 6) is -0.544. The number of benzene rings is 1. The molecule has 2 aromatic rings. The minimum atomic E-state index is -4.53. The van der Waals surface area contributed by atoms with Gasteiger partial charge in [-0.3, -0.25) is 14.3 Å². The smallest absolute Gasteiger partial charge is 0.353 e. The second-order valence-corrected chi connectivity index (χ2v) is 13.1. The molecule has 1 atom stereocenters. The SMILES string of the molecule is CC.CCCC.CN(CCC(CC(=O)NC1CCC1)NC(=O)c1cc(-c2ccccc2C(F)(F)F)n(C2CCCC2)n1)C1CCCC1. The first kappa shape index (κ1) is 38.6. The minimum absolute atomic E-state index is 0.0214. The molecule has 3 aliphatic carbocycles. The average Bonchev–Trinajstić information content (AvgIpc) is 3.84. The van der Waals surface area contributed by atoms with Crippen molar-refractivity contribution in [2.75, 3.05) is 13.6 Å². The van der Waals surface area contributed by atoms with Gasteiger partial charge in [-0.15, -0.1) is 0 Å². The summed E-state index contributed by atoms with van der Waals surface area (Å²) in [6.45, 7) is 9.10. The van der Waals surface area contributed by atoms with E-state index >= 15 is 0 Å². The van der Waals surface area contributed by atoms with Crippen LogP contribution in [0.5, 0.6) is 0 Å². The average molecular weight is 662 g/mol. The summed E-state index contributed by atoms with van der Waals surface area (Å²) < 4.78 is 43.4. The first-order chi connectivity index (χ1) is 22.6. The molecule has 10 heteroatoms. The van der Waals surface area contributed by atoms with Gasteiger partial charge in [0.1, 0.15) is 0 Å². The number of nitrogens with one attached hydrogen (secondary N) is 2. The van der Waals surface area contributed by atoms with E-state index in [4.69, 9.17) is 0 Å². The lowest BCUT2D eigenvalue weighted by Crippen LogP contribution is -2.45. The van der Waals surface area contributed by atoms with Gasteiger partial charge in [-0.1, -0.05) is 84.4 Å². The zero-order valence-corrected chi connectivity index (χ0v) is 29.3. The van der Waals surface area contributed by atoms with Crippen molar-refractivity contribution in [3.05, 3.63) is 41.6 Å². The van der Waals surface area contributed by atoms with Crippen molar-refractivity contribution >= 4 is 11.8 Å². The monoisotopic (exact) mass is 661 g/mol. The lowest BCUT2D eigenvalue weighted by atomic mass is 9.93. The molecule has 1 aromatic heterocycles. The Morgan fingerprint density at radius 2 is 1.57 bits per heavy atom. The van der Waals surface area contributed by atoms with Crippen molar-refractivity contribution in [1.82, 2.24) is 25.3 Å². The third kappa shape index (κ3) is 11.4. The maximum Gasteiger partial charge on any atom is 0.417 e. The zero-order valence-electron chi connectivity index (χ0n) is 29.3. The van der Waals surface area contributed by atoms with Crippen LogP contribution in [0.4, 0.5) is 13.2 Å². The molecule has 0 aliphatic heterocycles. The van der Waals surface area contributed by atoms with Crippen LogP contribution in [0.1, 0.15) is 146 Å². The maximum atomic E-state index is 13.9. The molecule has 47 heavy (non-hydrogen) atoms. The summed E-state index contributed by atoms with van der Waals surface area (Å²) in [6, 6.07) is 7.20. The highest BCUT2D eigenvalue weighted by molar-refractivity contribution is 5.94. The molecule has 2 N–H and O–H groups in total. The zero-order chi connectivity index (χ0) is 34.4. The fourth-order valence-corrected chi connectivity index (χ4v) is 6.52. The predicted molar refractivity (Wildman–Crippen MR) is 183 cm³/mol. The van der Waals surface area contributed by atoms with Gasteiger partial charge in [0.25, 0.3) is 5.91 Å². The molecular formula is C37H58F3N5O2. The Balaban J connectivity index is 0.000000930. The highest BCUT2D eigenvalue weighted by Gasteiger charge is 2.35. The standard InChI is InChI=1S/C31H42F3N5O2.C4H10.C2H6/c1-38(23-11-2-3-12-23)18-17-22(19-29(40)35-21-9-8-10-21)36-30(41)27-20-28(39(37-27)24-13-4-5-14-24)25-15-6-7-16-26(25)31(32,33)34;1-3-4-2;1-2/h6-7,15-16,20-24H,2-5,8-14,17-19H2,1H3,(H,35,40)(H,36,41);3-4H2,1-2H3;1-2H3. The summed E-state index contributed by atoms with van der Waals surface area (Å²) in [6.07, 6.45) is 10.3. The van der Waals surface area contributed by atoms with Crippen LogP contribution in [0.2, 0.25) is 0 Å². The second-order valence-electron chi connectivity index (χ2n) is 13.1. The van der Waals surface area contributed by atoms with Crippen molar-refractivity contribution in [2.24, 2.45) is 0 Å². The molecule has 7 nitrogen and oxygen atoms in total. The van der Waals surface area contributed by atoms with E-state index < -0.39 is 23.7 Å². The van der Waals surface area contributed by atoms with Crippen LogP contribution in [-0.4, -0.2) is 58.2 Å². The molecule has 264 valence electrons. The number of rotatable bonds is 12. The lowest BCUT2D eigenvalue weighted by Gasteiger charge is -2.29. The number of amides is 2. The molecule has 3 aliphatic rings. The van der Waals surface area contributed by atoms with Crippen LogP contribution in [-0.2, 0) is 11.0 Å². The van der Waals surface area contributed by atoms with Gasteiger partial charge in [0, 0.05) is 36.7 Å². The van der Waals surface area contributed by atoms with Crippen molar-refractivity contribution in [3.63, 3.8) is 0 Å². The molecule has 5 rings (SSSR count). The molecule has 3 saturated carbocycles. The van der Waals surface area contributed by atoms with Gasteiger partial charge in [-0.05, 0) is 70.5 Å². The summed E-state index contributed by atoms with van der Waals surface area (Å²) in [5, 5.41) is 10.7. The number of hydrogen-bond donors (Lipinski definition) is 2. The number of nitrogens with zero attached hydrogens (tertiary/aromatic N) is 3. The second kappa shape index (κ2) is 19.2. The van der Waals surface area contributed by atoms with Gasteiger partial charge in [-0.25, -0.2) is 0 Å². The van der Waals surface area contributed by atoms with E-state index in [1.807, 2.05) is 13.8 Å². The molecular weight excluding hydrogens is 603 g/mol. The molecule has 0 spiro atoms. The summed E-state index contributed by atoms with van der Waals surface area (Å²) >= 11 is 0. The van der Waals surface area contributed by atoms with E-state index in [9.17, 15) is 22.8 Å². The number of hydrogen-bond acceptors (Lipinski definition) is 4. The highest BCUT2D eigenvalue weighted by atomic mass is 19.4. The lowest BCUT2D eigenvalue weighted by molar-refractivity contribution is -0.137. The van der Waals surface area contributed by atoms with Crippen LogP contribution >= 0.6 is 0 Å². The van der Waals surface area contributed by atoms with Crippen LogP contribution in [0.25, 0.3) is 11.3 Å². The number of carbonyl (C=O) groups excluding carboxylic acids is 2. The fourth-order valence-electron chi connectivity index (χ4n) is 6.52. The Bertz CT molecular complexity index is 1230. The molecule has 2 amide bonds. The van der Waals surface area contributed by atoms with Crippen molar-refractivity contribution in [2.45, 2.75) is 154 Å². The van der Waals surface area contributed by atoms with Gasteiger partial charge in [0.05, 0.1) is 17.3 Å². The van der Waals surface area contributed by atoms with E-state index in [0.29, 0.717) is 18.2 Å². The quantitative estimate of drug-likeness (QED) is 0.238. The Morgan fingerprint density at radius 3 is 2.15 bits per heavy atom. The van der Waals surface area contributed by atoms with Gasteiger partial charge >= 0.3 is 6.18 Å². The van der Waals surface area contributed by atoms with E-state index in [1.165, 1.54) is 43.9 Å². The molecule has 0 radical (unpaired) electrons. The predicted octanol–water partition coefficient (Wildman–Crippen LogP) is 8.94. The number of aromatic nitrogens is 2. The summed E-state index contributed by atoms with van der Waals surface area (Å²) in [7, 11) is 2.09. The largest absolute Gasteiger partial charge is 0.417 e. The molecule has 1 unspecified atom stereocenters. The first-order valence-electron chi connectivity index (χ1n) is 18.2. The van der Waals surface area contributed by atoms with E-state index in [2.05, 4.69) is 41.5 Å². The van der Waals surface area contributed by atoms with Gasteiger partial charge < -0.3 is 15.5 Å². The van der Waals surface area contributed by atoms with Gasteiger partial charge in [0.15, 0.2) is 5.69 Å². The fraction of sp³-hybridized carbons (Fsp3) is 0.703. The number of alkyl halides is 3. The summed E-state index contributed by atoms with van der Waals surface area (Å²) in [5.41, 5.74) is -0.340. The minimum Gasteiger partial charge on any atom is -0.353 e. The molecule has 0 bridgehead atoms. The Hall–Kier alpha value is -2.88. The molecule has 3 fully saturated rings. The molecule has 0 saturated heterocycles. The Kier molecular flexibility index (Phi) is 15.8. The van der Waals surface area contributed by atoms with Crippen molar-refractivity contribution in [1.29, 1.82) is 0 Å². The maximum absolute atomic E-state index is 13.9. The molecule has 1 aromatic carbocycles. The van der Waals surface area contributed by atoms with E-state index in [0.717, 1.165) is 70.4 Å². The third-order valence-electron chi connectivity index (χ3n) is 9.66. The Morgan fingerprint density at radius 1 is 0.957 bits per heavy atom. The molecule has 1 heterocycles. The van der Waals surface area contributed by atoms with Crippen LogP contribution < -0.4 is 10.6 Å². The number of halogens is 3. The van der Waals surface area contributed by atoms with Gasteiger partial charge in [0.2, 0.25) is 5.91 Å². The van der Waals surface area contributed by atoms with Crippen LogP contribution in [0.15, 0.2) is 30.3 Å². The van der Waals surface area contributed by atoms with Gasteiger partial charge in [-0.2, -0.15) is 18.3 Å². The first-order valence-corrected chi connectivity index (χ1v) is 18.2. The topological polar surface area (TPSA) is 79.3 Å².